The SMILES string of the molecule is CCN(CCC(N)=NO)c1nnc(C)s1. The van der Waals surface area contributed by atoms with Gasteiger partial charge in [-0.05, 0) is 13.8 Å². The molecule has 0 saturated heterocycles. The Morgan fingerprint density at radius 3 is 2.80 bits per heavy atom. The van der Waals surface area contributed by atoms with E-state index in [4.69, 9.17) is 10.9 Å². The van der Waals surface area contributed by atoms with Crippen LogP contribution in [0.3, 0.4) is 0 Å². The van der Waals surface area contributed by atoms with Gasteiger partial charge in [0, 0.05) is 19.5 Å². The van der Waals surface area contributed by atoms with E-state index in [2.05, 4.69) is 15.4 Å². The summed E-state index contributed by atoms with van der Waals surface area (Å²) in [6, 6.07) is 0. The normalized spacial score (nSPS) is 11.7. The Morgan fingerprint density at radius 2 is 2.33 bits per heavy atom. The number of oxime groups is 1. The van der Waals surface area contributed by atoms with Gasteiger partial charge in [-0.2, -0.15) is 0 Å². The molecule has 0 aliphatic heterocycles. The molecule has 1 aromatic rings. The summed E-state index contributed by atoms with van der Waals surface area (Å²) in [5, 5.41) is 21.1. The van der Waals surface area contributed by atoms with Crippen molar-refractivity contribution < 1.29 is 5.21 Å². The van der Waals surface area contributed by atoms with Gasteiger partial charge in [-0.15, -0.1) is 10.2 Å². The van der Waals surface area contributed by atoms with Crippen molar-refractivity contribution in [3.63, 3.8) is 0 Å². The molecule has 0 bridgehead atoms. The molecule has 1 rings (SSSR count). The summed E-state index contributed by atoms with van der Waals surface area (Å²) in [5.41, 5.74) is 5.40. The molecule has 0 spiro atoms. The van der Waals surface area contributed by atoms with Gasteiger partial charge in [0.05, 0.1) is 0 Å². The van der Waals surface area contributed by atoms with Crippen LogP contribution in [0, 0.1) is 6.92 Å². The Hall–Kier alpha value is -1.37. The van der Waals surface area contributed by atoms with E-state index in [-0.39, 0.29) is 5.84 Å². The van der Waals surface area contributed by atoms with Crippen LogP contribution in [-0.4, -0.2) is 34.3 Å². The lowest BCUT2D eigenvalue weighted by Gasteiger charge is -2.18. The lowest BCUT2D eigenvalue weighted by atomic mass is 10.4. The summed E-state index contributed by atoms with van der Waals surface area (Å²) < 4.78 is 0. The third-order valence-electron chi connectivity index (χ3n) is 1.93. The van der Waals surface area contributed by atoms with Crippen molar-refractivity contribution in [2.75, 3.05) is 18.0 Å². The van der Waals surface area contributed by atoms with Gasteiger partial charge < -0.3 is 15.8 Å². The highest BCUT2D eigenvalue weighted by molar-refractivity contribution is 7.15. The largest absolute Gasteiger partial charge is 0.409 e. The van der Waals surface area contributed by atoms with Gasteiger partial charge in [0.1, 0.15) is 10.8 Å². The zero-order valence-corrected chi connectivity index (χ0v) is 9.66. The Labute approximate surface area is 92.4 Å². The minimum Gasteiger partial charge on any atom is -0.409 e. The first-order valence-corrected chi connectivity index (χ1v) is 5.50. The van der Waals surface area contributed by atoms with Crippen molar-refractivity contribution in [3.05, 3.63) is 5.01 Å². The summed E-state index contributed by atoms with van der Waals surface area (Å²) in [7, 11) is 0. The minimum absolute atomic E-state index is 0.231. The molecule has 0 aliphatic rings. The number of rotatable bonds is 5. The molecule has 1 aromatic heterocycles. The van der Waals surface area contributed by atoms with Crippen LogP contribution in [0.1, 0.15) is 18.4 Å². The predicted molar refractivity (Wildman–Crippen MR) is 60.6 cm³/mol. The van der Waals surface area contributed by atoms with Gasteiger partial charge in [-0.1, -0.05) is 16.5 Å². The molecule has 0 unspecified atom stereocenters. The maximum Gasteiger partial charge on any atom is 0.208 e. The topological polar surface area (TPSA) is 87.6 Å². The molecule has 7 heteroatoms. The van der Waals surface area contributed by atoms with Crippen LogP contribution in [0.2, 0.25) is 0 Å². The Balaban J connectivity index is 2.57. The zero-order valence-electron chi connectivity index (χ0n) is 8.84. The van der Waals surface area contributed by atoms with Crippen LogP contribution >= 0.6 is 11.3 Å². The molecule has 0 atom stereocenters. The number of hydrogen-bond donors (Lipinski definition) is 2. The van der Waals surface area contributed by atoms with E-state index in [1.807, 2.05) is 18.7 Å². The molecule has 84 valence electrons. The van der Waals surface area contributed by atoms with Crippen molar-refractivity contribution in [1.82, 2.24) is 10.2 Å². The molecule has 0 amide bonds. The van der Waals surface area contributed by atoms with Gasteiger partial charge in [0.2, 0.25) is 5.13 Å². The summed E-state index contributed by atoms with van der Waals surface area (Å²) >= 11 is 1.54. The number of nitrogens with zero attached hydrogens (tertiary/aromatic N) is 4. The van der Waals surface area contributed by atoms with E-state index in [9.17, 15) is 0 Å². The predicted octanol–water partition coefficient (Wildman–Crippen LogP) is 0.809. The summed E-state index contributed by atoms with van der Waals surface area (Å²) in [4.78, 5) is 2.04. The van der Waals surface area contributed by atoms with Crippen LogP contribution < -0.4 is 10.6 Å². The average molecular weight is 229 g/mol. The van der Waals surface area contributed by atoms with E-state index in [0.717, 1.165) is 16.7 Å². The van der Waals surface area contributed by atoms with Crippen molar-refractivity contribution in [2.45, 2.75) is 20.3 Å². The minimum atomic E-state index is 0.231. The molecule has 3 N–H and O–H groups in total. The molecule has 15 heavy (non-hydrogen) atoms. The number of hydrogen-bond acceptors (Lipinski definition) is 6. The Morgan fingerprint density at radius 1 is 1.60 bits per heavy atom. The summed E-state index contributed by atoms with van der Waals surface area (Å²) in [6.45, 7) is 5.45. The van der Waals surface area contributed by atoms with Crippen LogP contribution in [0.4, 0.5) is 5.13 Å². The second-order valence-electron chi connectivity index (χ2n) is 3.02. The maximum absolute atomic E-state index is 8.41. The molecule has 6 nitrogen and oxygen atoms in total. The third-order valence-corrected chi connectivity index (χ3v) is 2.83. The zero-order chi connectivity index (χ0) is 11.3. The number of amidine groups is 1. The van der Waals surface area contributed by atoms with Gasteiger partial charge >= 0.3 is 0 Å². The molecular weight excluding hydrogens is 214 g/mol. The molecule has 0 aromatic carbocycles. The lowest BCUT2D eigenvalue weighted by molar-refractivity contribution is 0.317. The molecule has 1 heterocycles. The Bertz CT molecular complexity index is 338. The second kappa shape index (κ2) is 5.50. The maximum atomic E-state index is 8.41. The van der Waals surface area contributed by atoms with Crippen LogP contribution in [-0.2, 0) is 0 Å². The highest BCUT2D eigenvalue weighted by Gasteiger charge is 2.09. The van der Waals surface area contributed by atoms with E-state index in [0.29, 0.717) is 13.0 Å². The standard InChI is InChI=1S/C8H15N5OS/c1-3-13(5-4-7(9)12-14)8-11-10-6(2)15-8/h14H,3-5H2,1-2H3,(H2,9,12). The fourth-order valence-electron chi connectivity index (χ4n) is 1.10. The first kappa shape index (κ1) is 11.7. The molecule has 0 radical (unpaired) electrons. The summed E-state index contributed by atoms with van der Waals surface area (Å²) in [6.07, 6.45) is 0.517. The van der Waals surface area contributed by atoms with E-state index >= 15 is 0 Å². The van der Waals surface area contributed by atoms with Crippen LogP contribution in [0.5, 0.6) is 0 Å². The van der Waals surface area contributed by atoms with Crippen molar-refractivity contribution in [2.24, 2.45) is 10.9 Å². The molecule has 0 saturated carbocycles. The number of aryl methyl sites for hydroxylation is 1. The quantitative estimate of drug-likeness (QED) is 0.337. The first-order chi connectivity index (χ1) is 7.17. The second-order valence-corrected chi connectivity index (χ2v) is 4.18. The Kier molecular flexibility index (Phi) is 4.29. The van der Waals surface area contributed by atoms with Crippen molar-refractivity contribution in [1.29, 1.82) is 0 Å². The van der Waals surface area contributed by atoms with E-state index < -0.39 is 0 Å². The van der Waals surface area contributed by atoms with Gasteiger partial charge in [0.25, 0.3) is 0 Å². The third kappa shape index (κ3) is 3.35. The molecule has 0 aliphatic carbocycles. The number of aromatic nitrogens is 2. The molecule has 0 fully saturated rings. The fraction of sp³-hybridized carbons (Fsp3) is 0.625. The van der Waals surface area contributed by atoms with Crippen LogP contribution in [0.25, 0.3) is 0 Å². The smallest absolute Gasteiger partial charge is 0.208 e. The van der Waals surface area contributed by atoms with Crippen molar-refractivity contribution in [3.8, 4) is 0 Å². The lowest BCUT2D eigenvalue weighted by Crippen LogP contribution is -2.27. The highest BCUT2D eigenvalue weighted by atomic mass is 32.1. The fourth-order valence-corrected chi connectivity index (χ4v) is 1.88. The summed E-state index contributed by atoms with van der Waals surface area (Å²) in [5.74, 6) is 0.231. The van der Waals surface area contributed by atoms with Crippen LogP contribution in [0.15, 0.2) is 5.16 Å². The monoisotopic (exact) mass is 229 g/mol. The highest BCUT2D eigenvalue weighted by Crippen LogP contribution is 2.19. The number of nitrogens with two attached hydrogens (primary N) is 1. The van der Waals surface area contributed by atoms with E-state index in [1.165, 1.54) is 0 Å². The number of anilines is 1. The van der Waals surface area contributed by atoms with E-state index in [1.54, 1.807) is 11.3 Å². The average Bonchev–Trinajstić information content (AvgIpc) is 2.65. The van der Waals surface area contributed by atoms with Gasteiger partial charge in [-0.3, -0.25) is 0 Å². The van der Waals surface area contributed by atoms with Gasteiger partial charge in [0.15, 0.2) is 0 Å². The first-order valence-electron chi connectivity index (χ1n) is 4.68. The van der Waals surface area contributed by atoms with Crippen molar-refractivity contribution >= 4 is 22.3 Å². The van der Waals surface area contributed by atoms with Gasteiger partial charge in [-0.25, -0.2) is 0 Å². The molecular formula is C8H15N5OS.